The van der Waals surface area contributed by atoms with Gasteiger partial charge >= 0.3 is 0 Å². The molecule has 0 heterocycles. The molecule has 3 N–H and O–H groups in total. The SMILES string of the molecule is CCC(C)Oc1ccc(NC(=O)C2CCCC(N)C2)cc1.Cl. The fraction of sp³-hybridized carbons (Fsp3) is 0.588. The number of carbonyl (C=O) groups is 1. The van der Waals surface area contributed by atoms with Crippen molar-refractivity contribution >= 4 is 24.0 Å². The first-order valence-corrected chi connectivity index (χ1v) is 7.91. The molecule has 1 fully saturated rings. The number of hydrogen-bond donors (Lipinski definition) is 2. The number of ether oxygens (including phenoxy) is 1. The maximum Gasteiger partial charge on any atom is 0.227 e. The van der Waals surface area contributed by atoms with Crippen molar-refractivity contribution in [3.8, 4) is 5.75 Å². The third-order valence-electron chi connectivity index (χ3n) is 4.12. The van der Waals surface area contributed by atoms with Gasteiger partial charge in [0, 0.05) is 17.6 Å². The highest BCUT2D eigenvalue weighted by Gasteiger charge is 2.25. The molecule has 1 aromatic carbocycles. The Morgan fingerprint density at radius 2 is 2.05 bits per heavy atom. The number of nitrogens with two attached hydrogens (primary N) is 1. The number of hydrogen-bond acceptors (Lipinski definition) is 3. The molecule has 1 aliphatic carbocycles. The van der Waals surface area contributed by atoms with Gasteiger partial charge in [-0.3, -0.25) is 4.79 Å². The predicted octanol–water partition coefficient (Wildman–Crippen LogP) is 3.74. The molecule has 0 saturated heterocycles. The van der Waals surface area contributed by atoms with Gasteiger partial charge in [0.2, 0.25) is 5.91 Å². The number of amides is 1. The quantitative estimate of drug-likeness (QED) is 0.866. The van der Waals surface area contributed by atoms with E-state index in [0.717, 1.165) is 43.5 Å². The minimum atomic E-state index is 0. The van der Waals surface area contributed by atoms with Gasteiger partial charge in [0.05, 0.1) is 6.10 Å². The lowest BCUT2D eigenvalue weighted by atomic mass is 9.85. The van der Waals surface area contributed by atoms with Crippen molar-refractivity contribution < 1.29 is 9.53 Å². The smallest absolute Gasteiger partial charge is 0.227 e. The van der Waals surface area contributed by atoms with Gasteiger partial charge in [0.1, 0.15) is 5.75 Å². The fourth-order valence-electron chi connectivity index (χ4n) is 2.64. The average Bonchev–Trinajstić information content (AvgIpc) is 2.49. The van der Waals surface area contributed by atoms with Crippen molar-refractivity contribution in [2.45, 2.75) is 58.1 Å². The largest absolute Gasteiger partial charge is 0.491 e. The van der Waals surface area contributed by atoms with Gasteiger partial charge in [0.15, 0.2) is 0 Å². The van der Waals surface area contributed by atoms with Crippen LogP contribution in [0.2, 0.25) is 0 Å². The summed E-state index contributed by atoms with van der Waals surface area (Å²) in [6.45, 7) is 4.14. The van der Waals surface area contributed by atoms with Gasteiger partial charge < -0.3 is 15.8 Å². The molecule has 3 unspecified atom stereocenters. The van der Waals surface area contributed by atoms with Crippen molar-refractivity contribution in [2.24, 2.45) is 11.7 Å². The molecule has 0 spiro atoms. The van der Waals surface area contributed by atoms with Crippen molar-refractivity contribution in [3.05, 3.63) is 24.3 Å². The zero-order chi connectivity index (χ0) is 15.2. The Bertz CT molecular complexity index is 464. The summed E-state index contributed by atoms with van der Waals surface area (Å²) in [6, 6.07) is 7.74. The molecule has 22 heavy (non-hydrogen) atoms. The molecule has 0 bridgehead atoms. The number of anilines is 1. The monoisotopic (exact) mass is 326 g/mol. The van der Waals surface area contributed by atoms with E-state index >= 15 is 0 Å². The molecule has 124 valence electrons. The van der Waals surface area contributed by atoms with E-state index in [1.54, 1.807) is 0 Å². The molecule has 0 aliphatic heterocycles. The Morgan fingerprint density at radius 3 is 2.64 bits per heavy atom. The van der Waals surface area contributed by atoms with Gasteiger partial charge in [-0.25, -0.2) is 0 Å². The Hall–Kier alpha value is -1.26. The number of benzene rings is 1. The summed E-state index contributed by atoms with van der Waals surface area (Å²) in [7, 11) is 0. The summed E-state index contributed by atoms with van der Waals surface area (Å²) in [5.41, 5.74) is 6.75. The zero-order valence-electron chi connectivity index (χ0n) is 13.4. The van der Waals surface area contributed by atoms with Crippen LogP contribution in [-0.4, -0.2) is 18.1 Å². The molecule has 1 saturated carbocycles. The first-order valence-electron chi connectivity index (χ1n) is 7.91. The van der Waals surface area contributed by atoms with Crippen molar-refractivity contribution in [1.82, 2.24) is 0 Å². The van der Waals surface area contributed by atoms with Crippen LogP contribution < -0.4 is 15.8 Å². The first-order chi connectivity index (χ1) is 10.1. The highest BCUT2D eigenvalue weighted by atomic mass is 35.5. The summed E-state index contributed by atoms with van der Waals surface area (Å²) in [5.74, 6) is 0.965. The minimum absolute atomic E-state index is 0. The van der Waals surface area contributed by atoms with E-state index in [4.69, 9.17) is 10.5 Å². The van der Waals surface area contributed by atoms with E-state index in [0.29, 0.717) is 0 Å². The van der Waals surface area contributed by atoms with Gasteiger partial charge in [-0.15, -0.1) is 12.4 Å². The number of nitrogens with one attached hydrogen (secondary N) is 1. The Balaban J connectivity index is 0.00000242. The molecule has 1 amide bonds. The van der Waals surface area contributed by atoms with E-state index in [1.807, 2.05) is 31.2 Å². The maximum absolute atomic E-state index is 12.2. The zero-order valence-corrected chi connectivity index (χ0v) is 14.2. The summed E-state index contributed by atoms with van der Waals surface area (Å²) < 4.78 is 5.72. The van der Waals surface area contributed by atoms with Gasteiger partial charge in [-0.2, -0.15) is 0 Å². The molecule has 5 heteroatoms. The number of carbonyl (C=O) groups excluding carboxylic acids is 1. The predicted molar refractivity (Wildman–Crippen MR) is 92.6 cm³/mol. The van der Waals surface area contributed by atoms with Crippen LogP contribution in [0.1, 0.15) is 46.0 Å². The van der Waals surface area contributed by atoms with Crippen molar-refractivity contribution in [2.75, 3.05) is 5.32 Å². The number of rotatable bonds is 5. The van der Waals surface area contributed by atoms with Crippen molar-refractivity contribution in [1.29, 1.82) is 0 Å². The molecule has 0 aromatic heterocycles. The summed E-state index contributed by atoms with van der Waals surface area (Å²) in [4.78, 5) is 12.2. The molecule has 1 aliphatic rings. The average molecular weight is 327 g/mol. The Morgan fingerprint density at radius 1 is 1.36 bits per heavy atom. The highest BCUT2D eigenvalue weighted by Crippen LogP contribution is 2.25. The third kappa shape index (κ3) is 5.50. The molecule has 3 atom stereocenters. The van der Waals surface area contributed by atoms with Crippen LogP contribution in [0.25, 0.3) is 0 Å². The summed E-state index contributed by atoms with van der Waals surface area (Å²) in [5, 5.41) is 2.98. The van der Waals surface area contributed by atoms with Crippen LogP contribution in [0.3, 0.4) is 0 Å². The topological polar surface area (TPSA) is 64.3 Å². The minimum Gasteiger partial charge on any atom is -0.491 e. The Labute approximate surface area is 139 Å². The normalized spacial score (nSPS) is 22.3. The Kier molecular flexibility index (Phi) is 7.69. The van der Waals surface area contributed by atoms with Gasteiger partial charge in [0.25, 0.3) is 0 Å². The third-order valence-corrected chi connectivity index (χ3v) is 4.12. The van der Waals surface area contributed by atoms with E-state index < -0.39 is 0 Å². The fourth-order valence-corrected chi connectivity index (χ4v) is 2.64. The second kappa shape index (κ2) is 9.01. The first kappa shape index (κ1) is 18.8. The van der Waals surface area contributed by atoms with Crippen LogP contribution >= 0.6 is 12.4 Å². The van der Waals surface area contributed by atoms with E-state index in [-0.39, 0.29) is 36.4 Å². The van der Waals surface area contributed by atoms with E-state index in [9.17, 15) is 4.79 Å². The maximum atomic E-state index is 12.2. The second-order valence-electron chi connectivity index (χ2n) is 5.97. The number of halogens is 1. The van der Waals surface area contributed by atoms with Crippen molar-refractivity contribution in [3.63, 3.8) is 0 Å². The summed E-state index contributed by atoms with van der Waals surface area (Å²) >= 11 is 0. The molecular formula is C17H27ClN2O2. The van der Waals surface area contributed by atoms with Crippen LogP contribution in [0.5, 0.6) is 5.75 Å². The van der Waals surface area contributed by atoms with Crippen LogP contribution in [0.4, 0.5) is 5.69 Å². The molecule has 2 rings (SSSR count). The lowest BCUT2D eigenvalue weighted by Crippen LogP contribution is -2.34. The van der Waals surface area contributed by atoms with E-state index in [2.05, 4.69) is 12.2 Å². The molecule has 0 radical (unpaired) electrons. The van der Waals surface area contributed by atoms with Crippen LogP contribution in [0, 0.1) is 5.92 Å². The van der Waals surface area contributed by atoms with Gasteiger partial charge in [-0.1, -0.05) is 13.3 Å². The highest BCUT2D eigenvalue weighted by molar-refractivity contribution is 5.92. The second-order valence-corrected chi connectivity index (χ2v) is 5.97. The standard InChI is InChI=1S/C17H26N2O2.ClH/c1-3-12(2)21-16-9-7-15(8-10-16)19-17(20)13-5-4-6-14(18)11-13;/h7-10,12-14H,3-6,11,18H2,1-2H3,(H,19,20);1H. The lowest BCUT2D eigenvalue weighted by Gasteiger charge is -2.25. The van der Waals surface area contributed by atoms with Gasteiger partial charge in [-0.05, 0) is 56.9 Å². The lowest BCUT2D eigenvalue weighted by molar-refractivity contribution is -0.120. The summed E-state index contributed by atoms with van der Waals surface area (Å²) in [6.07, 6.45) is 4.98. The van der Waals surface area contributed by atoms with E-state index in [1.165, 1.54) is 0 Å². The van der Waals surface area contributed by atoms with Crippen LogP contribution in [0.15, 0.2) is 24.3 Å². The molecule has 4 nitrogen and oxygen atoms in total. The molecular weight excluding hydrogens is 300 g/mol. The van der Waals surface area contributed by atoms with Crippen LogP contribution in [-0.2, 0) is 4.79 Å². The molecule has 1 aromatic rings.